The van der Waals surface area contributed by atoms with Crippen LogP contribution in [0.1, 0.15) is 163 Å². The van der Waals surface area contributed by atoms with Crippen molar-refractivity contribution in [3.63, 3.8) is 0 Å². The smallest absolute Gasteiger partial charge is 0.323 e. The van der Waals surface area contributed by atoms with Crippen LogP contribution in [0.3, 0.4) is 0 Å². The molecule has 0 radical (unpaired) electrons. The quantitative estimate of drug-likeness (QED) is 0.0142. The molecule has 2 atom stereocenters. The summed E-state index contributed by atoms with van der Waals surface area (Å²) in [5.41, 5.74) is 27.5. The first-order valence-corrected chi connectivity index (χ1v) is 33.2. The molecule has 7 amide bonds. The highest BCUT2D eigenvalue weighted by Gasteiger charge is 2.28. The lowest BCUT2D eigenvalue weighted by molar-refractivity contribution is -0.124. The number of piperidine rings is 1. The van der Waals surface area contributed by atoms with Gasteiger partial charge in [0.15, 0.2) is 12.2 Å². The molecule has 5 aliphatic rings. The Balaban J connectivity index is 0.000000179. The van der Waals surface area contributed by atoms with Crippen LogP contribution < -0.4 is 70.7 Å². The standard InChI is InChI=1S/C20H37N3O2.C16H28N8O2S.C15H15N5O3.C15H16N2O2/c24-20(15-23-13-5-2-6-14-23)22-21-18-9-11-19(12-10-18)25-16-17-7-3-1-4-8-17;1-10(25)19-20-12-7-5-11(6-8-12)17-15(26)18-13-3-2-4-14(9-13)24-16(27)21-22-23-24;16-22-10-11-23-20-19-14-8-6-13(7-9-14)18-15(21)17-12-4-2-1-3-5-12;1-11-6-8-13(9-7-11)16-17-15(19)14-5-3-2-4-12(14)10-18/h17-19,21H,1-16H2,(H,22,24);11-14,20H,2-9H2,1H3,(H,19,25)(H2,17,18,26)(H,21,23,27);1-9,19-20H,16H2,(H2,17,18,21);2-9,16,18H,10H2,1H3,(H,17,19). The minimum atomic E-state index is -0.324. The molecule has 0 spiro atoms. The van der Waals surface area contributed by atoms with E-state index in [2.05, 4.69) is 107 Å². The van der Waals surface area contributed by atoms with Crippen LogP contribution in [0.5, 0.6) is 0 Å². The highest BCUT2D eigenvalue weighted by molar-refractivity contribution is 7.71. The van der Waals surface area contributed by atoms with E-state index in [9.17, 15) is 29.1 Å². The number of nitrogens with two attached hydrogens (primary N) is 1. The lowest BCUT2D eigenvalue weighted by Crippen LogP contribution is -2.51. The van der Waals surface area contributed by atoms with E-state index in [-0.39, 0.29) is 60.6 Å². The van der Waals surface area contributed by atoms with Crippen LogP contribution in [-0.4, -0.2) is 117 Å². The zero-order valence-corrected chi connectivity index (χ0v) is 54.8. The van der Waals surface area contributed by atoms with Crippen molar-refractivity contribution in [1.82, 2.24) is 68.5 Å². The van der Waals surface area contributed by atoms with Gasteiger partial charge in [-0.1, -0.05) is 95.7 Å². The number of rotatable bonds is 21. The van der Waals surface area contributed by atoms with Gasteiger partial charge in [-0.05, 0) is 201 Å². The normalized spacial score (nSPS) is 20.2. The molecule has 16 N–H and O–H groups in total. The number of hydrogen-bond acceptors (Lipinski definition) is 19. The summed E-state index contributed by atoms with van der Waals surface area (Å²) in [5, 5.41) is 31.2. The Morgan fingerprint density at radius 1 is 0.638 bits per heavy atom. The van der Waals surface area contributed by atoms with Gasteiger partial charge in [-0.25, -0.2) is 25.1 Å². The number of para-hydroxylation sites is 1. The average Bonchev–Trinajstić information content (AvgIpc) is 1.89. The first kappa shape index (κ1) is 73.0. The highest BCUT2D eigenvalue weighted by Crippen LogP contribution is 2.29. The Morgan fingerprint density at radius 3 is 1.91 bits per heavy atom. The van der Waals surface area contributed by atoms with Gasteiger partial charge >= 0.3 is 12.1 Å². The van der Waals surface area contributed by atoms with Gasteiger partial charge in [-0.15, -0.1) is 0 Å². The summed E-state index contributed by atoms with van der Waals surface area (Å²) in [6, 6.07) is 31.4. The molecule has 4 aromatic carbocycles. The number of H-pyrrole nitrogens is 1. The number of nitrogens with zero attached hydrogens (tertiary/aromatic N) is 4. The first-order chi connectivity index (χ1) is 45.8. The fourth-order valence-corrected chi connectivity index (χ4v) is 12.1. The zero-order chi connectivity index (χ0) is 66.5. The van der Waals surface area contributed by atoms with E-state index in [4.69, 9.17) is 17.0 Å². The molecule has 1 saturated heterocycles. The Hall–Kier alpha value is -8.40. The largest absolute Gasteiger partial charge is 0.392 e. The summed E-state index contributed by atoms with van der Waals surface area (Å²) in [4.78, 5) is 70.1. The number of hydrogen-bond donors (Lipinski definition) is 15. The SMILES string of the molecule is CC(=O)NNC1CCC(NC(=O)NC2CCCC(n3[nH]nnc3=S)C2)CC1.Cc1ccc(NNC(=O)c2ccccc2CO)cc1.NOC#CONNc1ccc(NC(=O)Nc2ccccc2)cc1.O=C(CN1CCCCC1)NNC1CCC(OCC2CCCCC2)CC1. The third-order valence-electron chi connectivity index (χ3n) is 16.9. The second-order valence-corrected chi connectivity index (χ2v) is 24.6. The van der Waals surface area contributed by atoms with Crippen molar-refractivity contribution in [2.75, 3.05) is 47.7 Å². The van der Waals surface area contributed by atoms with E-state index in [1.54, 1.807) is 60.7 Å². The number of aromatic nitrogens is 4. The van der Waals surface area contributed by atoms with Gasteiger partial charge in [0.2, 0.25) is 16.6 Å². The Morgan fingerprint density at radius 2 is 1.24 bits per heavy atom. The van der Waals surface area contributed by atoms with Crippen molar-refractivity contribution in [3.8, 4) is 12.2 Å². The van der Waals surface area contributed by atoms with Gasteiger partial charge in [0.1, 0.15) is 0 Å². The topological polar surface area (TPSA) is 353 Å². The maximum absolute atomic E-state index is 12.4. The number of ether oxygens (including phenoxy) is 1. The Labute approximate surface area is 555 Å². The van der Waals surface area contributed by atoms with Crippen molar-refractivity contribution >= 4 is 64.8 Å². The summed E-state index contributed by atoms with van der Waals surface area (Å²) in [7, 11) is 0. The molecular weight excluding hydrogens is 1220 g/mol. The third-order valence-corrected chi connectivity index (χ3v) is 17.2. The maximum atomic E-state index is 12.4. The monoisotopic (exact) mass is 1320 g/mol. The van der Waals surface area contributed by atoms with Crippen LogP contribution in [0.4, 0.5) is 32.3 Å². The van der Waals surface area contributed by atoms with Crippen molar-refractivity contribution in [1.29, 1.82) is 0 Å². The molecule has 10 rings (SSSR count). The number of benzene rings is 4. The predicted octanol–water partition coefficient (Wildman–Crippen LogP) is 8.30. The van der Waals surface area contributed by atoms with Crippen LogP contribution in [0.2, 0.25) is 0 Å². The predicted molar refractivity (Wildman–Crippen MR) is 362 cm³/mol. The van der Waals surface area contributed by atoms with Crippen LogP contribution in [-0.2, 0) is 30.6 Å². The second-order valence-electron chi connectivity index (χ2n) is 24.2. The number of carbonyl (C=O) groups is 5. The summed E-state index contributed by atoms with van der Waals surface area (Å²) in [5.74, 6) is 5.24. The van der Waals surface area contributed by atoms with Crippen LogP contribution in [0, 0.1) is 29.8 Å². The number of likely N-dealkylation sites (tertiary alicyclic amines) is 1. The molecule has 4 aliphatic carbocycles. The van der Waals surface area contributed by atoms with Crippen LogP contribution >= 0.6 is 12.2 Å². The molecule has 4 saturated carbocycles. The van der Waals surface area contributed by atoms with E-state index in [0.29, 0.717) is 51.7 Å². The molecular formula is C66H96N18O9S. The van der Waals surface area contributed by atoms with E-state index in [1.807, 2.05) is 60.2 Å². The number of aliphatic hydroxyl groups excluding tert-OH is 1. The van der Waals surface area contributed by atoms with Crippen molar-refractivity contribution in [2.45, 2.75) is 185 Å². The summed E-state index contributed by atoms with van der Waals surface area (Å²) >= 11 is 5.17. The molecule has 2 unspecified atom stereocenters. The van der Waals surface area contributed by atoms with E-state index in [1.165, 1.54) is 58.3 Å². The number of urea groups is 2. The molecule has 5 aromatic rings. The number of aryl methyl sites for hydroxylation is 1. The van der Waals surface area contributed by atoms with Gasteiger partial charge in [0.05, 0.1) is 36.7 Å². The van der Waals surface area contributed by atoms with E-state index >= 15 is 0 Å². The Kier molecular flexibility index (Phi) is 32.1. The molecule has 27 nitrogen and oxygen atoms in total. The minimum Gasteiger partial charge on any atom is -0.392 e. The summed E-state index contributed by atoms with van der Waals surface area (Å²) < 4.78 is 8.44. The first-order valence-electron chi connectivity index (χ1n) is 32.8. The maximum Gasteiger partial charge on any atom is 0.323 e. The number of tetrazole rings is 1. The fraction of sp³-hybridized carbons (Fsp3) is 0.515. The number of aromatic amines is 1. The third kappa shape index (κ3) is 27.7. The van der Waals surface area contributed by atoms with Crippen molar-refractivity contribution < 1.29 is 43.5 Å². The molecule has 2 heterocycles. The van der Waals surface area contributed by atoms with Gasteiger partial charge in [0, 0.05) is 54.6 Å². The van der Waals surface area contributed by atoms with E-state index in [0.717, 1.165) is 114 Å². The fourth-order valence-electron chi connectivity index (χ4n) is 11.8. The molecule has 94 heavy (non-hydrogen) atoms. The molecule has 1 aromatic heterocycles. The summed E-state index contributed by atoms with van der Waals surface area (Å²) in [6.45, 7) is 6.96. The van der Waals surface area contributed by atoms with Crippen molar-refractivity contribution in [2.24, 2.45) is 11.8 Å². The lowest BCUT2D eigenvalue weighted by Gasteiger charge is -2.32. The molecule has 5 fully saturated rings. The molecule has 28 heteroatoms. The van der Waals surface area contributed by atoms with Gasteiger partial charge in [-0.3, -0.25) is 46.4 Å². The average molecular weight is 1320 g/mol. The van der Waals surface area contributed by atoms with Crippen molar-refractivity contribution in [3.05, 3.63) is 125 Å². The van der Waals surface area contributed by atoms with Crippen LogP contribution in [0.15, 0.2) is 103 Å². The Bertz CT molecular complexity index is 3160. The molecule has 1 aliphatic heterocycles. The number of nitrogens with one attached hydrogen (secondary N) is 13. The van der Waals surface area contributed by atoms with Gasteiger partial charge in [-0.2, -0.15) is 11.1 Å². The number of carbonyl (C=O) groups excluding carboxylic acids is 5. The number of amides is 7. The van der Waals surface area contributed by atoms with Crippen LogP contribution in [0.25, 0.3) is 0 Å². The lowest BCUT2D eigenvalue weighted by atomic mass is 9.89. The second kappa shape index (κ2) is 41.3. The number of aliphatic hydroxyl groups is 1. The zero-order valence-electron chi connectivity index (χ0n) is 54.0. The van der Waals surface area contributed by atoms with Gasteiger partial charge in [0.25, 0.3) is 5.91 Å². The minimum absolute atomic E-state index is 0.0901. The number of hydrazine groups is 4. The molecule has 0 bridgehead atoms. The number of anilines is 4. The summed E-state index contributed by atoms with van der Waals surface area (Å²) in [6.07, 6.45) is 27.1. The van der Waals surface area contributed by atoms with Gasteiger partial charge < -0.3 is 40.8 Å². The molecule has 510 valence electrons. The van der Waals surface area contributed by atoms with E-state index < -0.39 is 0 Å². The highest BCUT2D eigenvalue weighted by atomic mass is 32.1.